The van der Waals surface area contributed by atoms with E-state index in [9.17, 15) is 17.2 Å². The van der Waals surface area contributed by atoms with Crippen molar-refractivity contribution in [1.82, 2.24) is 25.5 Å². The van der Waals surface area contributed by atoms with Gasteiger partial charge in [0.2, 0.25) is 10.0 Å². The van der Waals surface area contributed by atoms with Gasteiger partial charge in [-0.25, -0.2) is 32.8 Å². The van der Waals surface area contributed by atoms with E-state index in [-0.39, 0.29) is 18.2 Å². The molecule has 29 heavy (non-hydrogen) atoms. The molecule has 0 spiro atoms. The number of hydrazine groups is 1. The fourth-order valence-electron chi connectivity index (χ4n) is 3.95. The summed E-state index contributed by atoms with van der Waals surface area (Å²) >= 11 is 0. The van der Waals surface area contributed by atoms with Gasteiger partial charge in [0, 0.05) is 37.1 Å². The molecule has 2 saturated heterocycles. The second kappa shape index (κ2) is 8.41. The first-order valence-electron chi connectivity index (χ1n) is 9.54. The summed E-state index contributed by atoms with van der Waals surface area (Å²) in [6.45, 7) is 1.36. The molecule has 7 nitrogen and oxygen atoms in total. The molecule has 156 valence electrons. The lowest BCUT2D eigenvalue weighted by Gasteiger charge is -2.36. The van der Waals surface area contributed by atoms with Gasteiger partial charge in [0.05, 0.1) is 11.1 Å². The zero-order valence-corrected chi connectivity index (χ0v) is 16.5. The quantitative estimate of drug-likeness (QED) is 0.678. The molecule has 2 fully saturated rings. The predicted molar refractivity (Wildman–Crippen MR) is 103 cm³/mol. The first kappa shape index (κ1) is 20.3. The van der Waals surface area contributed by atoms with Crippen molar-refractivity contribution in [1.29, 1.82) is 0 Å². The molecule has 0 amide bonds. The maximum atomic E-state index is 13.4. The van der Waals surface area contributed by atoms with E-state index < -0.39 is 26.6 Å². The van der Waals surface area contributed by atoms with Gasteiger partial charge >= 0.3 is 0 Å². The average Bonchev–Trinajstić information content (AvgIpc) is 3.18. The molecule has 1 aromatic carbocycles. The number of hydrogen-bond acceptors (Lipinski definition) is 6. The lowest BCUT2D eigenvalue weighted by Crippen LogP contribution is -2.54. The average molecular weight is 423 g/mol. The van der Waals surface area contributed by atoms with Crippen LogP contribution < -0.4 is 15.6 Å². The maximum Gasteiger partial charge on any atom is 0.241 e. The van der Waals surface area contributed by atoms with E-state index in [1.807, 2.05) is 12.1 Å². The lowest BCUT2D eigenvalue weighted by atomic mass is 10.0. The molecule has 1 aromatic heterocycles. The topological polar surface area (TPSA) is 86.4 Å². The van der Waals surface area contributed by atoms with Gasteiger partial charge in [0.15, 0.2) is 0 Å². The molecule has 2 aromatic rings. The van der Waals surface area contributed by atoms with E-state index in [0.29, 0.717) is 19.0 Å². The van der Waals surface area contributed by atoms with Crippen molar-refractivity contribution in [3.8, 4) is 0 Å². The van der Waals surface area contributed by atoms with Crippen LogP contribution in [0.5, 0.6) is 0 Å². The van der Waals surface area contributed by atoms with Crippen molar-refractivity contribution in [3.05, 3.63) is 59.9 Å². The van der Waals surface area contributed by atoms with Gasteiger partial charge in [0.25, 0.3) is 0 Å². The van der Waals surface area contributed by atoms with E-state index in [2.05, 4.69) is 25.5 Å². The molecule has 0 bridgehead atoms. The fraction of sp³-hybridized carbons (Fsp3) is 0.421. The standard InChI is InChI=1S/C19H23F2N5O2S/c20-14-8-15(21)10-17(9-14)29(27,28)25-16-2-1-7-26(12-16)19-11-18(23-24-19)13-3-5-22-6-4-13/h3-6,8-10,16,18-19,23-25H,1-2,7,11-12H2. The highest BCUT2D eigenvalue weighted by atomic mass is 32.2. The minimum Gasteiger partial charge on any atom is -0.285 e. The zero-order chi connectivity index (χ0) is 20.4. The molecule has 3 unspecified atom stereocenters. The van der Waals surface area contributed by atoms with E-state index in [0.717, 1.165) is 37.1 Å². The van der Waals surface area contributed by atoms with Crippen LogP contribution in [-0.4, -0.2) is 43.6 Å². The molecular weight excluding hydrogens is 400 g/mol. The summed E-state index contributed by atoms with van der Waals surface area (Å²) in [6.07, 6.45) is 5.89. The SMILES string of the molecule is O=S(=O)(NC1CCCN(C2CC(c3ccncc3)NN2)C1)c1cc(F)cc(F)c1. The predicted octanol–water partition coefficient (Wildman–Crippen LogP) is 1.67. The summed E-state index contributed by atoms with van der Waals surface area (Å²) < 4.78 is 54.6. The largest absolute Gasteiger partial charge is 0.285 e. The summed E-state index contributed by atoms with van der Waals surface area (Å²) in [5.74, 6) is -1.84. The van der Waals surface area contributed by atoms with Crippen LogP contribution in [0.15, 0.2) is 47.6 Å². The summed E-state index contributed by atoms with van der Waals surface area (Å²) in [6, 6.07) is 6.05. The lowest BCUT2D eigenvalue weighted by molar-refractivity contribution is 0.129. The Morgan fingerprint density at radius 3 is 2.55 bits per heavy atom. The van der Waals surface area contributed by atoms with Crippen molar-refractivity contribution in [2.45, 2.75) is 42.4 Å². The monoisotopic (exact) mass is 423 g/mol. The number of sulfonamides is 1. The van der Waals surface area contributed by atoms with Gasteiger partial charge in [-0.15, -0.1) is 0 Å². The summed E-state index contributed by atoms with van der Waals surface area (Å²) in [5, 5.41) is 0. The van der Waals surface area contributed by atoms with Crippen LogP contribution in [0.1, 0.15) is 30.9 Å². The Labute approximate surface area is 168 Å². The Balaban J connectivity index is 1.40. The molecule has 2 aliphatic heterocycles. The minimum absolute atomic E-state index is 0.0621. The summed E-state index contributed by atoms with van der Waals surface area (Å²) in [7, 11) is -4.01. The highest BCUT2D eigenvalue weighted by Gasteiger charge is 2.33. The van der Waals surface area contributed by atoms with Crippen LogP contribution in [0, 0.1) is 11.6 Å². The highest BCUT2D eigenvalue weighted by molar-refractivity contribution is 7.89. The number of hydrogen-bond donors (Lipinski definition) is 3. The second-order valence-corrected chi connectivity index (χ2v) is 9.15. The van der Waals surface area contributed by atoms with Gasteiger partial charge in [-0.3, -0.25) is 9.88 Å². The number of rotatable bonds is 5. The van der Waals surface area contributed by atoms with E-state index in [1.165, 1.54) is 0 Å². The number of piperidine rings is 1. The highest BCUT2D eigenvalue weighted by Crippen LogP contribution is 2.25. The number of nitrogens with zero attached hydrogens (tertiary/aromatic N) is 2. The Morgan fingerprint density at radius 2 is 1.83 bits per heavy atom. The number of likely N-dealkylation sites (tertiary alicyclic amines) is 1. The number of aromatic nitrogens is 1. The van der Waals surface area contributed by atoms with E-state index >= 15 is 0 Å². The third-order valence-corrected chi connectivity index (χ3v) is 6.85. The molecule has 10 heteroatoms. The molecule has 3 heterocycles. The number of nitrogens with one attached hydrogen (secondary N) is 3. The smallest absolute Gasteiger partial charge is 0.241 e. The molecule has 3 N–H and O–H groups in total. The number of pyridine rings is 1. The molecule has 3 atom stereocenters. The number of benzene rings is 1. The minimum atomic E-state index is -4.01. The molecule has 2 aliphatic rings. The van der Waals surface area contributed by atoms with Crippen LogP contribution in [-0.2, 0) is 10.0 Å². The molecular formula is C19H23F2N5O2S. The molecule has 0 aliphatic carbocycles. The third kappa shape index (κ3) is 4.78. The third-order valence-electron chi connectivity index (χ3n) is 5.35. The van der Waals surface area contributed by atoms with Gasteiger partial charge in [-0.2, -0.15) is 0 Å². The number of halogens is 2. The van der Waals surface area contributed by atoms with Gasteiger partial charge in [-0.1, -0.05) is 0 Å². The van der Waals surface area contributed by atoms with Gasteiger partial charge in [-0.05, 0) is 55.6 Å². The van der Waals surface area contributed by atoms with Crippen molar-refractivity contribution >= 4 is 10.0 Å². The van der Waals surface area contributed by atoms with E-state index in [1.54, 1.807) is 12.4 Å². The van der Waals surface area contributed by atoms with Crippen LogP contribution in [0.25, 0.3) is 0 Å². The van der Waals surface area contributed by atoms with Crippen molar-refractivity contribution in [2.24, 2.45) is 0 Å². The molecule has 0 saturated carbocycles. The van der Waals surface area contributed by atoms with Gasteiger partial charge in [0.1, 0.15) is 11.6 Å². The normalized spacial score (nSPS) is 25.9. The Hall–Kier alpha value is -1.98. The summed E-state index contributed by atoms with van der Waals surface area (Å²) in [5.41, 5.74) is 7.70. The van der Waals surface area contributed by atoms with Crippen molar-refractivity contribution in [2.75, 3.05) is 13.1 Å². The zero-order valence-electron chi connectivity index (χ0n) is 15.7. The first-order valence-corrected chi connectivity index (χ1v) is 11.0. The second-order valence-electron chi connectivity index (χ2n) is 7.43. The first-order chi connectivity index (χ1) is 13.9. The van der Waals surface area contributed by atoms with E-state index in [4.69, 9.17) is 0 Å². The van der Waals surface area contributed by atoms with Gasteiger partial charge < -0.3 is 0 Å². The fourth-order valence-corrected chi connectivity index (χ4v) is 5.25. The maximum absolute atomic E-state index is 13.4. The summed E-state index contributed by atoms with van der Waals surface area (Å²) in [4.78, 5) is 5.83. The molecule has 4 rings (SSSR count). The van der Waals surface area contributed by atoms with Crippen LogP contribution in [0.2, 0.25) is 0 Å². The van der Waals surface area contributed by atoms with Crippen molar-refractivity contribution in [3.63, 3.8) is 0 Å². The Kier molecular flexibility index (Phi) is 5.88. The van der Waals surface area contributed by atoms with Crippen LogP contribution >= 0.6 is 0 Å². The van der Waals surface area contributed by atoms with Crippen LogP contribution in [0.4, 0.5) is 8.78 Å². The Bertz CT molecular complexity index is 940. The Morgan fingerprint density at radius 1 is 1.10 bits per heavy atom. The molecule has 0 radical (unpaired) electrons. The van der Waals surface area contributed by atoms with Crippen LogP contribution in [0.3, 0.4) is 0 Å². The van der Waals surface area contributed by atoms with Crippen molar-refractivity contribution < 1.29 is 17.2 Å².